The molecule has 1 heterocycles. The van der Waals surface area contributed by atoms with Gasteiger partial charge in [-0.15, -0.1) is 11.3 Å². The van der Waals surface area contributed by atoms with Crippen molar-refractivity contribution in [3.8, 4) is 5.75 Å². The van der Waals surface area contributed by atoms with Gasteiger partial charge in [0.05, 0.1) is 12.0 Å². The first kappa shape index (κ1) is 13.7. The van der Waals surface area contributed by atoms with Crippen molar-refractivity contribution in [2.24, 2.45) is 0 Å². The Balaban J connectivity index is 2.17. The Hall–Kier alpha value is -1.68. The number of hydrogen-bond donors (Lipinski definition) is 0. The maximum atomic E-state index is 13.5. The number of benzene rings is 1. The summed E-state index contributed by atoms with van der Waals surface area (Å²) in [6, 6.07) is 6.50. The molecule has 1 aromatic carbocycles. The highest BCUT2D eigenvalue weighted by Gasteiger charge is 2.12. The second kappa shape index (κ2) is 5.53. The molecule has 0 radical (unpaired) electrons. The van der Waals surface area contributed by atoms with E-state index in [1.54, 1.807) is 12.1 Å². The van der Waals surface area contributed by atoms with Gasteiger partial charge in [0.25, 0.3) is 0 Å². The molecule has 0 fully saturated rings. The van der Waals surface area contributed by atoms with Crippen molar-refractivity contribution in [1.82, 2.24) is 0 Å². The molecule has 0 saturated heterocycles. The molecule has 0 atom stereocenters. The third kappa shape index (κ3) is 3.01. The number of rotatable bonds is 4. The van der Waals surface area contributed by atoms with Gasteiger partial charge in [-0.05, 0) is 43.2 Å². The fourth-order valence-electron chi connectivity index (χ4n) is 1.80. The van der Waals surface area contributed by atoms with E-state index < -0.39 is 5.82 Å². The van der Waals surface area contributed by atoms with Crippen LogP contribution >= 0.6 is 11.3 Å². The van der Waals surface area contributed by atoms with Crippen LogP contribution in [0.1, 0.15) is 25.7 Å². The number of hydrogen-bond acceptors (Lipinski definition) is 3. The Bertz CT molecular complexity index is 597. The second-order valence-electron chi connectivity index (χ2n) is 4.42. The molecule has 0 amide bonds. The van der Waals surface area contributed by atoms with Crippen molar-refractivity contribution >= 4 is 17.1 Å². The van der Waals surface area contributed by atoms with E-state index in [1.807, 2.05) is 19.9 Å². The van der Waals surface area contributed by atoms with Crippen molar-refractivity contribution in [3.05, 3.63) is 51.0 Å². The highest BCUT2D eigenvalue weighted by Crippen LogP contribution is 2.23. The monoisotopic (exact) mass is 278 g/mol. The molecule has 0 aliphatic carbocycles. The van der Waals surface area contributed by atoms with E-state index in [0.717, 1.165) is 15.3 Å². The van der Waals surface area contributed by atoms with Gasteiger partial charge in [-0.3, -0.25) is 4.79 Å². The number of aryl methyl sites for hydroxylation is 2. The molecular weight excluding hydrogens is 263 g/mol. The third-order valence-electron chi connectivity index (χ3n) is 3.02. The predicted molar refractivity (Wildman–Crippen MR) is 74.8 cm³/mol. The summed E-state index contributed by atoms with van der Waals surface area (Å²) in [5.74, 6) is -0.226. The normalized spacial score (nSPS) is 10.5. The number of thiophene rings is 1. The van der Waals surface area contributed by atoms with Gasteiger partial charge >= 0.3 is 0 Å². The van der Waals surface area contributed by atoms with E-state index in [2.05, 4.69) is 0 Å². The first-order valence-corrected chi connectivity index (χ1v) is 6.75. The molecule has 0 N–H and O–H groups in total. The minimum Gasteiger partial charge on any atom is -0.494 e. The molecule has 1 aromatic heterocycles. The van der Waals surface area contributed by atoms with Crippen molar-refractivity contribution in [3.63, 3.8) is 0 Å². The lowest BCUT2D eigenvalue weighted by Crippen LogP contribution is -2.02. The number of halogens is 1. The minimum absolute atomic E-state index is 0.0192. The van der Waals surface area contributed by atoms with Gasteiger partial charge in [-0.2, -0.15) is 0 Å². The molecule has 0 spiro atoms. The van der Waals surface area contributed by atoms with E-state index >= 15 is 0 Å². The first-order chi connectivity index (χ1) is 9.01. The fraction of sp³-hybridized carbons (Fsp3) is 0.267. The highest BCUT2D eigenvalue weighted by molar-refractivity contribution is 7.14. The smallest absolute Gasteiger partial charge is 0.177 e. The number of ketones is 1. The number of carbonyl (C=O) groups is 1. The van der Waals surface area contributed by atoms with E-state index in [0.29, 0.717) is 5.56 Å². The average molecular weight is 278 g/mol. The van der Waals surface area contributed by atoms with Gasteiger partial charge in [0.15, 0.2) is 17.3 Å². The lowest BCUT2D eigenvalue weighted by atomic mass is 10.1. The lowest BCUT2D eigenvalue weighted by molar-refractivity contribution is 0.0996. The third-order valence-corrected chi connectivity index (χ3v) is 4.22. The standard InChI is InChI=1S/C15H15FO2S/c1-9-6-15(19-10(9)2)13(17)8-11-4-5-14(18-3)12(16)7-11/h4-7H,8H2,1-3H3. The predicted octanol–water partition coefficient (Wildman–Crippen LogP) is 3.94. The highest BCUT2D eigenvalue weighted by atomic mass is 32.1. The van der Waals surface area contributed by atoms with Gasteiger partial charge < -0.3 is 4.74 Å². The number of ether oxygens (including phenoxy) is 1. The van der Waals surface area contributed by atoms with Crippen molar-refractivity contribution < 1.29 is 13.9 Å². The van der Waals surface area contributed by atoms with Gasteiger partial charge in [-0.25, -0.2) is 4.39 Å². The SMILES string of the molecule is COc1ccc(CC(=O)c2cc(C)c(C)s2)cc1F. The molecule has 0 saturated carbocycles. The van der Waals surface area contributed by atoms with Crippen LogP contribution in [0.4, 0.5) is 4.39 Å². The summed E-state index contributed by atoms with van der Waals surface area (Å²) in [4.78, 5) is 14.0. The molecule has 0 bridgehead atoms. The van der Waals surface area contributed by atoms with Crippen molar-refractivity contribution in [2.75, 3.05) is 7.11 Å². The largest absolute Gasteiger partial charge is 0.494 e. The first-order valence-electron chi connectivity index (χ1n) is 5.94. The van der Waals surface area contributed by atoms with Gasteiger partial charge in [-0.1, -0.05) is 6.07 Å². The average Bonchev–Trinajstić information content (AvgIpc) is 2.70. The molecule has 0 aliphatic heterocycles. The van der Waals surface area contributed by atoms with Crippen LogP contribution in [-0.4, -0.2) is 12.9 Å². The minimum atomic E-state index is -0.439. The zero-order valence-electron chi connectivity index (χ0n) is 11.1. The maximum absolute atomic E-state index is 13.5. The summed E-state index contributed by atoms with van der Waals surface area (Å²) in [6.45, 7) is 3.97. The van der Waals surface area contributed by atoms with E-state index in [4.69, 9.17) is 4.74 Å². The molecule has 4 heteroatoms. The molecular formula is C15H15FO2S. The Morgan fingerprint density at radius 3 is 2.58 bits per heavy atom. The van der Waals surface area contributed by atoms with Crippen LogP contribution in [0, 0.1) is 19.7 Å². The number of Topliss-reactive ketones (excluding diaryl/α,β-unsaturated/α-hetero) is 1. The zero-order valence-corrected chi connectivity index (χ0v) is 11.9. The van der Waals surface area contributed by atoms with Crippen LogP contribution in [0.15, 0.2) is 24.3 Å². The molecule has 0 unspecified atom stereocenters. The molecule has 2 nitrogen and oxygen atoms in total. The Kier molecular flexibility index (Phi) is 4.00. The van der Waals surface area contributed by atoms with E-state index in [1.165, 1.54) is 24.5 Å². The van der Waals surface area contributed by atoms with Crippen molar-refractivity contribution in [2.45, 2.75) is 20.3 Å². The Morgan fingerprint density at radius 1 is 1.32 bits per heavy atom. The number of methoxy groups -OCH3 is 1. The van der Waals surface area contributed by atoms with E-state index in [9.17, 15) is 9.18 Å². The molecule has 2 aromatic rings. The van der Waals surface area contributed by atoms with Crippen LogP contribution in [0.3, 0.4) is 0 Å². The van der Waals surface area contributed by atoms with Crippen LogP contribution in [0.25, 0.3) is 0 Å². The van der Waals surface area contributed by atoms with Crippen LogP contribution in [-0.2, 0) is 6.42 Å². The Labute approximate surface area is 115 Å². The summed E-state index contributed by atoms with van der Waals surface area (Å²) < 4.78 is 18.4. The Morgan fingerprint density at radius 2 is 2.05 bits per heavy atom. The lowest BCUT2D eigenvalue weighted by Gasteiger charge is -2.04. The molecule has 100 valence electrons. The molecule has 0 aliphatic rings. The van der Waals surface area contributed by atoms with E-state index in [-0.39, 0.29) is 18.0 Å². The topological polar surface area (TPSA) is 26.3 Å². The number of carbonyl (C=O) groups excluding carboxylic acids is 1. The van der Waals surface area contributed by atoms with Gasteiger partial charge in [0.2, 0.25) is 0 Å². The summed E-state index contributed by atoms with van der Waals surface area (Å²) >= 11 is 1.49. The molecule has 19 heavy (non-hydrogen) atoms. The second-order valence-corrected chi connectivity index (χ2v) is 5.68. The molecule has 2 rings (SSSR count). The van der Waals surface area contributed by atoms with Gasteiger partial charge in [0.1, 0.15) is 0 Å². The summed E-state index contributed by atoms with van der Waals surface area (Å²) in [5.41, 5.74) is 1.78. The van der Waals surface area contributed by atoms with Crippen LogP contribution in [0.2, 0.25) is 0 Å². The van der Waals surface area contributed by atoms with Crippen LogP contribution in [0.5, 0.6) is 5.75 Å². The fourth-order valence-corrected chi connectivity index (χ4v) is 2.77. The summed E-state index contributed by atoms with van der Waals surface area (Å²) in [5, 5.41) is 0. The summed E-state index contributed by atoms with van der Waals surface area (Å²) in [7, 11) is 1.42. The summed E-state index contributed by atoms with van der Waals surface area (Å²) in [6.07, 6.45) is 0.209. The van der Waals surface area contributed by atoms with Gasteiger partial charge in [0, 0.05) is 11.3 Å². The quantitative estimate of drug-likeness (QED) is 0.792. The van der Waals surface area contributed by atoms with Crippen LogP contribution < -0.4 is 4.74 Å². The maximum Gasteiger partial charge on any atom is 0.177 e. The van der Waals surface area contributed by atoms with Crippen molar-refractivity contribution in [1.29, 1.82) is 0 Å². The zero-order chi connectivity index (χ0) is 14.0.